The standard InChI is InChI=1S/C10H21BrN2O2S/c1-4-13(5-2)16(14,15)12(3)8-9-6-10(11)7-9/h9-10H,4-8H2,1-3H3. The largest absolute Gasteiger partial charge is 0.281 e. The van der Waals surface area contributed by atoms with E-state index in [2.05, 4.69) is 15.9 Å². The summed E-state index contributed by atoms with van der Waals surface area (Å²) in [5.41, 5.74) is 0. The van der Waals surface area contributed by atoms with Gasteiger partial charge < -0.3 is 0 Å². The molecule has 0 aromatic carbocycles. The smallest absolute Gasteiger partial charge is 0.195 e. The van der Waals surface area contributed by atoms with E-state index in [4.69, 9.17) is 0 Å². The molecule has 4 nitrogen and oxygen atoms in total. The Morgan fingerprint density at radius 1 is 1.25 bits per heavy atom. The van der Waals surface area contributed by atoms with Crippen molar-refractivity contribution < 1.29 is 8.42 Å². The maximum atomic E-state index is 12.1. The Hall–Kier alpha value is 0.350. The van der Waals surface area contributed by atoms with E-state index in [0.717, 1.165) is 12.8 Å². The highest BCUT2D eigenvalue weighted by atomic mass is 79.9. The summed E-state index contributed by atoms with van der Waals surface area (Å²) >= 11 is 3.52. The lowest BCUT2D eigenvalue weighted by Crippen LogP contribution is -2.45. The van der Waals surface area contributed by atoms with Crippen LogP contribution in [0.25, 0.3) is 0 Å². The highest BCUT2D eigenvalue weighted by molar-refractivity contribution is 9.09. The predicted octanol–water partition coefficient (Wildman–Crippen LogP) is 1.68. The highest BCUT2D eigenvalue weighted by Gasteiger charge is 2.32. The molecular formula is C10H21BrN2O2S. The predicted molar refractivity (Wildman–Crippen MR) is 69.9 cm³/mol. The fourth-order valence-electron chi connectivity index (χ4n) is 2.01. The third-order valence-corrected chi connectivity index (χ3v) is 5.97. The van der Waals surface area contributed by atoms with Gasteiger partial charge in [-0.3, -0.25) is 0 Å². The minimum absolute atomic E-state index is 0.514. The summed E-state index contributed by atoms with van der Waals surface area (Å²) < 4.78 is 27.2. The number of hydrogen-bond donors (Lipinski definition) is 0. The lowest BCUT2D eigenvalue weighted by Gasteiger charge is -2.35. The van der Waals surface area contributed by atoms with E-state index in [1.807, 2.05) is 13.8 Å². The Bertz CT molecular complexity index is 311. The summed E-state index contributed by atoms with van der Waals surface area (Å²) in [5.74, 6) is 0.514. The first-order valence-corrected chi connectivity index (χ1v) is 8.08. The molecule has 0 atom stereocenters. The summed E-state index contributed by atoms with van der Waals surface area (Å²) in [6.45, 7) is 5.45. The van der Waals surface area contributed by atoms with Crippen molar-refractivity contribution in [1.29, 1.82) is 0 Å². The molecule has 1 aliphatic rings. The summed E-state index contributed by atoms with van der Waals surface area (Å²) in [6, 6.07) is 0. The molecule has 6 heteroatoms. The molecule has 1 aliphatic carbocycles. The molecule has 0 bridgehead atoms. The van der Waals surface area contributed by atoms with Gasteiger partial charge in [0.1, 0.15) is 0 Å². The van der Waals surface area contributed by atoms with Crippen LogP contribution >= 0.6 is 15.9 Å². The number of hydrogen-bond acceptors (Lipinski definition) is 2. The van der Waals surface area contributed by atoms with Crippen LogP contribution in [0.5, 0.6) is 0 Å². The van der Waals surface area contributed by atoms with Crippen molar-refractivity contribution >= 4 is 26.1 Å². The number of halogens is 1. The molecule has 16 heavy (non-hydrogen) atoms. The van der Waals surface area contributed by atoms with Gasteiger partial charge in [0.2, 0.25) is 0 Å². The van der Waals surface area contributed by atoms with Gasteiger partial charge in [-0.25, -0.2) is 0 Å². The molecule has 96 valence electrons. The number of alkyl halides is 1. The second-order valence-corrected chi connectivity index (χ2v) is 7.64. The molecule has 1 rings (SSSR count). The maximum absolute atomic E-state index is 12.1. The van der Waals surface area contributed by atoms with Crippen molar-refractivity contribution in [2.45, 2.75) is 31.5 Å². The molecule has 1 fully saturated rings. The first kappa shape index (κ1) is 14.4. The van der Waals surface area contributed by atoms with Crippen LogP contribution in [0.2, 0.25) is 0 Å². The van der Waals surface area contributed by atoms with Gasteiger partial charge >= 0.3 is 0 Å². The summed E-state index contributed by atoms with van der Waals surface area (Å²) in [6.07, 6.45) is 2.16. The SMILES string of the molecule is CCN(CC)S(=O)(=O)N(C)CC1CC(Br)C1. The fourth-order valence-corrected chi connectivity index (χ4v) is 4.51. The molecule has 0 saturated heterocycles. The Morgan fingerprint density at radius 3 is 2.12 bits per heavy atom. The van der Waals surface area contributed by atoms with Crippen molar-refractivity contribution in [1.82, 2.24) is 8.61 Å². The Kier molecular flexibility index (Phi) is 5.22. The van der Waals surface area contributed by atoms with Crippen molar-refractivity contribution in [2.75, 3.05) is 26.7 Å². The zero-order valence-corrected chi connectivity index (χ0v) is 12.6. The van der Waals surface area contributed by atoms with Crippen LogP contribution < -0.4 is 0 Å². The van der Waals surface area contributed by atoms with Crippen LogP contribution in [0.4, 0.5) is 0 Å². The fraction of sp³-hybridized carbons (Fsp3) is 1.00. The molecule has 0 heterocycles. The zero-order valence-electron chi connectivity index (χ0n) is 10.2. The van der Waals surface area contributed by atoms with Gasteiger partial charge in [0, 0.05) is 31.5 Å². The monoisotopic (exact) mass is 312 g/mol. The average Bonchev–Trinajstić information content (AvgIpc) is 2.16. The van der Waals surface area contributed by atoms with Gasteiger partial charge in [0.15, 0.2) is 0 Å². The van der Waals surface area contributed by atoms with E-state index in [0.29, 0.717) is 30.4 Å². The van der Waals surface area contributed by atoms with Crippen molar-refractivity contribution in [3.63, 3.8) is 0 Å². The van der Waals surface area contributed by atoms with Gasteiger partial charge in [-0.2, -0.15) is 17.0 Å². The summed E-state index contributed by atoms with van der Waals surface area (Å²) in [5, 5.41) is 0. The molecule has 0 unspecified atom stereocenters. The van der Waals surface area contributed by atoms with E-state index in [1.54, 1.807) is 7.05 Å². The maximum Gasteiger partial charge on any atom is 0.281 e. The quantitative estimate of drug-likeness (QED) is 0.700. The second-order valence-electron chi connectivity index (χ2n) is 4.31. The summed E-state index contributed by atoms with van der Waals surface area (Å²) in [7, 11) is -1.56. The molecule has 0 aromatic rings. The topological polar surface area (TPSA) is 40.6 Å². The van der Waals surface area contributed by atoms with E-state index in [9.17, 15) is 8.42 Å². The third-order valence-electron chi connectivity index (χ3n) is 3.12. The number of nitrogens with zero attached hydrogens (tertiary/aromatic N) is 2. The van der Waals surface area contributed by atoms with E-state index < -0.39 is 10.2 Å². The molecule has 0 radical (unpaired) electrons. The van der Waals surface area contributed by atoms with Crippen LogP contribution in [0.3, 0.4) is 0 Å². The van der Waals surface area contributed by atoms with Gasteiger partial charge in [-0.15, -0.1) is 0 Å². The average molecular weight is 313 g/mol. The Balaban J connectivity index is 2.54. The van der Waals surface area contributed by atoms with E-state index >= 15 is 0 Å². The Morgan fingerprint density at radius 2 is 1.75 bits per heavy atom. The van der Waals surface area contributed by atoms with Gasteiger partial charge in [-0.05, 0) is 18.8 Å². The number of rotatable bonds is 6. The van der Waals surface area contributed by atoms with Gasteiger partial charge in [0.25, 0.3) is 10.2 Å². The van der Waals surface area contributed by atoms with Crippen LogP contribution in [-0.2, 0) is 10.2 Å². The first-order valence-electron chi connectivity index (χ1n) is 5.77. The minimum atomic E-state index is -3.24. The third kappa shape index (κ3) is 3.18. The lowest BCUT2D eigenvalue weighted by molar-refractivity contribution is 0.264. The van der Waals surface area contributed by atoms with Gasteiger partial charge in [0.05, 0.1) is 0 Å². The molecule has 0 spiro atoms. The van der Waals surface area contributed by atoms with Crippen LogP contribution in [0, 0.1) is 5.92 Å². The zero-order chi connectivity index (χ0) is 12.3. The minimum Gasteiger partial charge on any atom is -0.195 e. The molecule has 0 aromatic heterocycles. The van der Waals surface area contributed by atoms with Crippen molar-refractivity contribution in [2.24, 2.45) is 5.92 Å². The van der Waals surface area contributed by atoms with Crippen LogP contribution in [0.1, 0.15) is 26.7 Å². The molecular weight excluding hydrogens is 292 g/mol. The normalized spacial score (nSPS) is 26.1. The van der Waals surface area contributed by atoms with E-state index in [-0.39, 0.29) is 0 Å². The molecule has 0 amide bonds. The second kappa shape index (κ2) is 5.80. The molecule has 1 saturated carbocycles. The van der Waals surface area contributed by atoms with Gasteiger partial charge in [-0.1, -0.05) is 29.8 Å². The van der Waals surface area contributed by atoms with Crippen molar-refractivity contribution in [3.05, 3.63) is 0 Å². The van der Waals surface area contributed by atoms with Crippen LogP contribution in [0.15, 0.2) is 0 Å². The lowest BCUT2D eigenvalue weighted by atomic mass is 9.85. The molecule has 0 N–H and O–H groups in total. The van der Waals surface area contributed by atoms with E-state index in [1.165, 1.54) is 8.61 Å². The van der Waals surface area contributed by atoms with Crippen LogP contribution in [-0.4, -0.2) is 48.5 Å². The highest BCUT2D eigenvalue weighted by Crippen LogP contribution is 2.34. The first-order chi connectivity index (χ1) is 7.41. The molecule has 0 aliphatic heterocycles. The van der Waals surface area contributed by atoms with Crippen molar-refractivity contribution in [3.8, 4) is 0 Å². The Labute approximate surface area is 107 Å². The summed E-state index contributed by atoms with van der Waals surface area (Å²) in [4.78, 5) is 0.585.